The molecule has 3 heteroatoms. The van der Waals surface area contributed by atoms with Gasteiger partial charge in [-0.15, -0.1) is 11.3 Å². The van der Waals surface area contributed by atoms with Crippen molar-refractivity contribution in [2.45, 2.75) is 65.7 Å². The third-order valence-electron chi connectivity index (χ3n) is 5.74. The monoisotopic (exact) mass is 314 g/mol. The summed E-state index contributed by atoms with van der Waals surface area (Å²) in [7, 11) is 0. The summed E-state index contributed by atoms with van der Waals surface area (Å²) in [5.74, 6) is 0.719. The van der Waals surface area contributed by atoms with Crippen LogP contribution in [0.4, 0.5) is 5.69 Å². The van der Waals surface area contributed by atoms with Gasteiger partial charge in [0.15, 0.2) is 0 Å². The highest BCUT2D eigenvalue weighted by Crippen LogP contribution is 2.44. The van der Waals surface area contributed by atoms with Crippen LogP contribution in [0, 0.1) is 11.3 Å². The van der Waals surface area contributed by atoms with Crippen molar-refractivity contribution in [1.29, 1.82) is 0 Å². The topological polar surface area (TPSA) is 38.9 Å². The molecule has 0 saturated carbocycles. The zero-order valence-electron chi connectivity index (χ0n) is 14.0. The fourth-order valence-corrected chi connectivity index (χ4v) is 5.54. The molecule has 0 saturated heterocycles. The third-order valence-corrected chi connectivity index (χ3v) is 6.92. The number of rotatable bonds is 0. The minimum absolute atomic E-state index is 0.354. The van der Waals surface area contributed by atoms with Gasteiger partial charge in [0.2, 0.25) is 0 Å². The minimum Gasteiger partial charge on any atom is -0.398 e. The summed E-state index contributed by atoms with van der Waals surface area (Å²) >= 11 is 1.90. The largest absolute Gasteiger partial charge is 0.398 e. The fourth-order valence-electron chi connectivity index (χ4n) is 4.24. The maximum absolute atomic E-state index is 6.68. The van der Waals surface area contributed by atoms with Gasteiger partial charge >= 0.3 is 0 Å². The van der Waals surface area contributed by atoms with E-state index in [9.17, 15) is 0 Å². The molecule has 0 fully saturated rings. The lowest BCUT2D eigenvalue weighted by Crippen LogP contribution is -2.28. The van der Waals surface area contributed by atoms with E-state index in [1.807, 2.05) is 11.3 Å². The standard InChI is InChI=1S/C19H26N2S/c1-19(2,3)11-8-9-14-13(10-11)17(20)16-12-6-4-5-7-15(12)22-18(16)21-14/h11H,4-10H2,1-3H3,(H2,20,21)/t11-/m1/s1. The molecule has 0 radical (unpaired) electrons. The van der Waals surface area contributed by atoms with Crippen molar-refractivity contribution < 1.29 is 0 Å². The highest BCUT2D eigenvalue weighted by atomic mass is 32.1. The van der Waals surface area contributed by atoms with Crippen molar-refractivity contribution in [3.63, 3.8) is 0 Å². The maximum atomic E-state index is 6.68. The first kappa shape index (κ1) is 14.5. The Morgan fingerprint density at radius 1 is 1.09 bits per heavy atom. The van der Waals surface area contributed by atoms with Gasteiger partial charge in [0, 0.05) is 21.6 Å². The minimum atomic E-state index is 0.354. The molecule has 0 aliphatic heterocycles. The Hall–Kier alpha value is -1.09. The van der Waals surface area contributed by atoms with Crippen molar-refractivity contribution in [3.8, 4) is 0 Å². The van der Waals surface area contributed by atoms with E-state index >= 15 is 0 Å². The zero-order valence-corrected chi connectivity index (χ0v) is 14.8. The SMILES string of the molecule is CC(C)(C)[C@@H]1CCc2nc3sc4c(c3c(N)c2C1)CCCC4. The summed E-state index contributed by atoms with van der Waals surface area (Å²) in [6.45, 7) is 7.08. The van der Waals surface area contributed by atoms with Gasteiger partial charge in [-0.3, -0.25) is 0 Å². The van der Waals surface area contributed by atoms with Crippen LogP contribution in [0.5, 0.6) is 0 Å². The molecule has 4 rings (SSSR count). The van der Waals surface area contributed by atoms with Crippen LogP contribution < -0.4 is 5.73 Å². The Labute approximate surface area is 137 Å². The normalized spacial score (nSPS) is 21.7. The average Bonchev–Trinajstić information content (AvgIpc) is 2.84. The van der Waals surface area contributed by atoms with E-state index in [1.165, 1.54) is 59.1 Å². The molecule has 2 aromatic rings. The molecule has 0 aromatic carbocycles. The molecule has 0 spiro atoms. The van der Waals surface area contributed by atoms with Gasteiger partial charge < -0.3 is 5.73 Å². The van der Waals surface area contributed by atoms with Crippen LogP contribution in [-0.2, 0) is 25.7 Å². The van der Waals surface area contributed by atoms with Crippen LogP contribution in [0.1, 0.15) is 61.7 Å². The van der Waals surface area contributed by atoms with E-state index in [-0.39, 0.29) is 0 Å². The summed E-state index contributed by atoms with van der Waals surface area (Å²) in [5, 5.41) is 1.31. The van der Waals surface area contributed by atoms with Gasteiger partial charge in [0.05, 0.1) is 0 Å². The highest BCUT2D eigenvalue weighted by molar-refractivity contribution is 7.19. The van der Waals surface area contributed by atoms with Crippen LogP contribution in [-0.4, -0.2) is 4.98 Å². The second-order valence-corrected chi connectivity index (χ2v) is 9.23. The highest BCUT2D eigenvalue weighted by Gasteiger charge is 2.32. The first-order valence-electron chi connectivity index (χ1n) is 8.66. The van der Waals surface area contributed by atoms with Gasteiger partial charge in [0.1, 0.15) is 4.83 Å². The predicted molar refractivity (Wildman–Crippen MR) is 95.6 cm³/mol. The molecular weight excluding hydrogens is 288 g/mol. The summed E-state index contributed by atoms with van der Waals surface area (Å²) in [6, 6.07) is 0. The molecule has 118 valence electrons. The Balaban J connectivity index is 1.87. The number of hydrogen-bond donors (Lipinski definition) is 1. The molecule has 0 bridgehead atoms. The predicted octanol–water partition coefficient (Wildman–Crippen LogP) is 4.91. The lowest BCUT2D eigenvalue weighted by molar-refractivity contribution is 0.215. The molecule has 2 nitrogen and oxygen atoms in total. The molecule has 2 aliphatic rings. The van der Waals surface area contributed by atoms with Crippen LogP contribution in [0.15, 0.2) is 0 Å². The van der Waals surface area contributed by atoms with E-state index in [1.54, 1.807) is 4.88 Å². The van der Waals surface area contributed by atoms with Gasteiger partial charge in [-0.1, -0.05) is 20.8 Å². The second kappa shape index (κ2) is 4.95. The van der Waals surface area contributed by atoms with Crippen LogP contribution in [0.2, 0.25) is 0 Å². The second-order valence-electron chi connectivity index (χ2n) is 8.15. The summed E-state index contributed by atoms with van der Waals surface area (Å²) in [6.07, 6.45) is 8.51. The molecule has 0 amide bonds. The number of nitrogens with two attached hydrogens (primary N) is 1. The molecule has 1 atom stereocenters. The van der Waals surface area contributed by atoms with Gasteiger partial charge in [-0.2, -0.15) is 0 Å². The van der Waals surface area contributed by atoms with Crippen LogP contribution >= 0.6 is 11.3 Å². The van der Waals surface area contributed by atoms with Crippen molar-refractivity contribution in [3.05, 3.63) is 21.7 Å². The molecule has 2 aromatic heterocycles. The number of hydrogen-bond acceptors (Lipinski definition) is 3. The van der Waals surface area contributed by atoms with Crippen molar-refractivity contribution >= 4 is 27.2 Å². The maximum Gasteiger partial charge on any atom is 0.126 e. The van der Waals surface area contributed by atoms with Crippen LogP contribution in [0.25, 0.3) is 10.2 Å². The Morgan fingerprint density at radius 2 is 1.86 bits per heavy atom. The third kappa shape index (κ3) is 2.17. The first-order chi connectivity index (χ1) is 10.4. The number of pyridine rings is 1. The summed E-state index contributed by atoms with van der Waals surface area (Å²) < 4.78 is 0. The average molecular weight is 314 g/mol. The molecule has 2 N–H and O–H groups in total. The van der Waals surface area contributed by atoms with E-state index < -0.39 is 0 Å². The van der Waals surface area contributed by atoms with Crippen molar-refractivity contribution in [2.75, 3.05) is 5.73 Å². The number of nitrogen functional groups attached to an aromatic ring is 1. The van der Waals surface area contributed by atoms with Crippen LogP contribution in [0.3, 0.4) is 0 Å². The van der Waals surface area contributed by atoms with E-state index in [2.05, 4.69) is 20.8 Å². The van der Waals surface area contributed by atoms with Crippen molar-refractivity contribution in [1.82, 2.24) is 4.98 Å². The smallest absolute Gasteiger partial charge is 0.126 e. The molecular formula is C19H26N2S. The van der Waals surface area contributed by atoms with Crippen molar-refractivity contribution in [2.24, 2.45) is 11.3 Å². The Bertz CT molecular complexity index is 736. The molecule has 2 aliphatic carbocycles. The van der Waals surface area contributed by atoms with E-state index in [4.69, 9.17) is 10.7 Å². The number of anilines is 1. The fraction of sp³-hybridized carbons (Fsp3) is 0.632. The number of nitrogens with zero attached hydrogens (tertiary/aromatic N) is 1. The number of fused-ring (bicyclic) bond motifs is 4. The number of aromatic nitrogens is 1. The number of aryl methyl sites for hydroxylation is 3. The Morgan fingerprint density at radius 3 is 2.64 bits per heavy atom. The summed E-state index contributed by atoms with van der Waals surface area (Å²) in [5.41, 5.74) is 12.3. The van der Waals surface area contributed by atoms with Gasteiger partial charge in [-0.05, 0) is 67.4 Å². The summed E-state index contributed by atoms with van der Waals surface area (Å²) in [4.78, 5) is 7.79. The first-order valence-corrected chi connectivity index (χ1v) is 9.48. The number of thiophene rings is 1. The molecule has 0 unspecified atom stereocenters. The van der Waals surface area contributed by atoms with Gasteiger partial charge in [0.25, 0.3) is 0 Å². The lowest BCUT2D eigenvalue weighted by Gasteiger charge is -2.35. The quantitative estimate of drug-likeness (QED) is 0.750. The zero-order chi connectivity index (χ0) is 15.5. The lowest BCUT2D eigenvalue weighted by atomic mass is 9.71. The van der Waals surface area contributed by atoms with Gasteiger partial charge in [-0.25, -0.2) is 4.98 Å². The molecule has 2 heterocycles. The van der Waals surface area contributed by atoms with E-state index in [0.29, 0.717) is 5.41 Å². The Kier molecular flexibility index (Phi) is 3.26. The van der Waals surface area contributed by atoms with E-state index in [0.717, 1.165) is 24.4 Å². The molecule has 22 heavy (non-hydrogen) atoms.